The number of nitrogen functional groups attached to an aromatic ring is 1. The molecule has 0 amide bonds. The lowest BCUT2D eigenvalue weighted by molar-refractivity contribution is -0.144. The molecule has 0 bridgehead atoms. The molecular formula is C14H15F3N4S. The largest absolute Gasteiger partial charge is 0.453 e. The molecule has 1 aliphatic rings. The van der Waals surface area contributed by atoms with Crippen molar-refractivity contribution < 1.29 is 13.2 Å². The van der Waals surface area contributed by atoms with Crippen LogP contribution in [0.25, 0.3) is 5.69 Å². The van der Waals surface area contributed by atoms with Crippen molar-refractivity contribution >= 4 is 18.6 Å². The van der Waals surface area contributed by atoms with E-state index in [1.54, 1.807) is 6.07 Å². The van der Waals surface area contributed by atoms with Crippen molar-refractivity contribution in [2.24, 2.45) is 0 Å². The van der Waals surface area contributed by atoms with Crippen LogP contribution in [0.5, 0.6) is 0 Å². The number of nitrogens with zero attached hydrogens (tertiary/aromatic N) is 3. The van der Waals surface area contributed by atoms with Gasteiger partial charge in [0.05, 0.1) is 5.69 Å². The molecule has 1 heterocycles. The molecule has 1 aromatic carbocycles. The fourth-order valence-electron chi connectivity index (χ4n) is 2.46. The van der Waals surface area contributed by atoms with E-state index in [2.05, 4.69) is 22.7 Å². The zero-order valence-electron chi connectivity index (χ0n) is 11.9. The first-order valence-corrected chi connectivity index (χ1v) is 7.42. The van der Waals surface area contributed by atoms with Crippen molar-refractivity contribution in [1.82, 2.24) is 14.8 Å². The van der Waals surface area contributed by atoms with E-state index in [1.807, 2.05) is 13.0 Å². The highest BCUT2D eigenvalue weighted by Gasteiger charge is 2.37. The molecule has 0 atom stereocenters. The summed E-state index contributed by atoms with van der Waals surface area (Å²) in [6.45, 7) is 1.94. The summed E-state index contributed by atoms with van der Waals surface area (Å²) in [6.07, 6.45) is -1.72. The summed E-state index contributed by atoms with van der Waals surface area (Å²) in [6, 6.07) is 3.71. The van der Waals surface area contributed by atoms with Crippen molar-refractivity contribution in [3.8, 4) is 5.69 Å². The van der Waals surface area contributed by atoms with E-state index >= 15 is 0 Å². The predicted molar refractivity (Wildman–Crippen MR) is 79.4 cm³/mol. The second-order valence-electron chi connectivity index (χ2n) is 5.37. The molecular weight excluding hydrogens is 313 g/mol. The number of rotatable bonds is 3. The van der Waals surface area contributed by atoms with Gasteiger partial charge in [0.15, 0.2) is 0 Å². The first-order valence-electron chi connectivity index (χ1n) is 6.97. The molecule has 0 unspecified atom stereocenters. The maximum atomic E-state index is 12.7. The van der Waals surface area contributed by atoms with Gasteiger partial charge < -0.3 is 5.73 Å². The molecule has 0 radical (unpaired) electrons. The molecule has 3 rings (SSSR count). The molecule has 4 nitrogen and oxygen atoms in total. The quantitative estimate of drug-likeness (QED) is 0.847. The fraction of sp³-hybridized carbons (Fsp3) is 0.429. The maximum Gasteiger partial charge on any atom is 0.453 e. The molecule has 1 saturated carbocycles. The Balaban J connectivity index is 2.11. The summed E-state index contributed by atoms with van der Waals surface area (Å²) in [5.41, 5.74) is 8.13. The van der Waals surface area contributed by atoms with Gasteiger partial charge in [0.25, 0.3) is 5.82 Å². The van der Waals surface area contributed by atoms with Gasteiger partial charge in [-0.1, -0.05) is 13.0 Å². The van der Waals surface area contributed by atoms with Crippen LogP contribution in [0.15, 0.2) is 17.0 Å². The molecule has 1 aromatic heterocycles. The molecule has 0 spiro atoms. The average molecular weight is 328 g/mol. The van der Waals surface area contributed by atoms with E-state index in [-0.39, 0.29) is 5.95 Å². The molecule has 0 saturated heterocycles. The molecule has 1 aliphatic carbocycles. The lowest BCUT2D eigenvalue weighted by Crippen LogP contribution is -2.09. The van der Waals surface area contributed by atoms with E-state index in [0.29, 0.717) is 18.0 Å². The Bertz CT molecular complexity index is 720. The number of thiol groups is 1. The molecule has 0 aliphatic heterocycles. The minimum atomic E-state index is -4.62. The third-order valence-corrected chi connectivity index (χ3v) is 4.13. The van der Waals surface area contributed by atoms with Crippen LogP contribution in [0, 0.1) is 0 Å². The number of benzene rings is 1. The Morgan fingerprint density at radius 2 is 2.05 bits per heavy atom. The van der Waals surface area contributed by atoms with Crippen LogP contribution in [0.3, 0.4) is 0 Å². The van der Waals surface area contributed by atoms with Gasteiger partial charge in [0.1, 0.15) is 0 Å². The summed E-state index contributed by atoms with van der Waals surface area (Å²) in [5.74, 6) is -1.02. The number of halogens is 3. The van der Waals surface area contributed by atoms with Crippen LogP contribution < -0.4 is 5.73 Å². The van der Waals surface area contributed by atoms with E-state index in [4.69, 9.17) is 5.73 Å². The zero-order valence-corrected chi connectivity index (χ0v) is 12.7. The van der Waals surface area contributed by atoms with Crippen LogP contribution in [-0.2, 0) is 12.6 Å². The lowest BCUT2D eigenvalue weighted by Gasteiger charge is -2.13. The minimum absolute atomic E-state index is 0.283. The van der Waals surface area contributed by atoms with Gasteiger partial charge in [0, 0.05) is 4.90 Å². The maximum absolute atomic E-state index is 12.7. The Morgan fingerprint density at radius 3 is 2.55 bits per heavy atom. The van der Waals surface area contributed by atoms with Gasteiger partial charge in [-0.3, -0.25) is 0 Å². The number of hydrogen-bond acceptors (Lipinski definition) is 4. The van der Waals surface area contributed by atoms with E-state index < -0.39 is 12.0 Å². The van der Waals surface area contributed by atoms with Crippen LogP contribution >= 0.6 is 12.6 Å². The van der Waals surface area contributed by atoms with Gasteiger partial charge in [0.2, 0.25) is 5.95 Å². The number of hydrogen-bond donors (Lipinski definition) is 2. The second-order valence-corrected chi connectivity index (χ2v) is 5.85. The average Bonchev–Trinajstić information content (AvgIpc) is 3.19. The minimum Gasteiger partial charge on any atom is -0.368 e. The summed E-state index contributed by atoms with van der Waals surface area (Å²) in [4.78, 5) is 4.06. The van der Waals surface area contributed by atoms with E-state index in [1.165, 1.54) is 0 Å². The van der Waals surface area contributed by atoms with Gasteiger partial charge >= 0.3 is 6.18 Å². The number of aryl methyl sites for hydroxylation is 1. The van der Waals surface area contributed by atoms with Gasteiger partial charge in [-0.2, -0.15) is 22.8 Å². The third-order valence-electron chi connectivity index (χ3n) is 3.74. The predicted octanol–water partition coefficient (Wildman–Crippen LogP) is 3.60. The van der Waals surface area contributed by atoms with Crippen molar-refractivity contribution in [2.45, 2.75) is 43.2 Å². The van der Waals surface area contributed by atoms with Crippen molar-refractivity contribution in [1.29, 1.82) is 0 Å². The van der Waals surface area contributed by atoms with Gasteiger partial charge in [-0.05, 0) is 42.4 Å². The molecule has 1 fully saturated rings. The molecule has 118 valence electrons. The Labute approximate surface area is 130 Å². The zero-order chi connectivity index (χ0) is 16.1. The monoisotopic (exact) mass is 328 g/mol. The summed E-state index contributed by atoms with van der Waals surface area (Å²) in [7, 11) is 0. The number of aromatic nitrogens is 3. The van der Waals surface area contributed by atoms with Gasteiger partial charge in [-0.15, -0.1) is 17.7 Å². The first kappa shape index (κ1) is 15.2. The van der Waals surface area contributed by atoms with Crippen molar-refractivity contribution in [3.63, 3.8) is 0 Å². The summed E-state index contributed by atoms with van der Waals surface area (Å²) < 4.78 is 39.2. The van der Waals surface area contributed by atoms with Crippen molar-refractivity contribution in [2.75, 3.05) is 5.73 Å². The summed E-state index contributed by atoms with van der Waals surface area (Å²) in [5, 5.41) is 3.51. The highest BCUT2D eigenvalue weighted by molar-refractivity contribution is 7.80. The SMILES string of the molecule is CCc1cc(C2CC2)c(S)cc1-n1nc(C(F)(F)F)nc1N. The standard InChI is InChI=1S/C14H15F3N4S/c1-2-7-5-9(8-3-4-8)11(22)6-10(7)21-13(18)19-12(20-21)14(15,16)17/h5-6,8,22H,2-4H2,1H3,(H2,18,19,20). The Morgan fingerprint density at radius 1 is 1.36 bits per heavy atom. The highest BCUT2D eigenvalue weighted by atomic mass is 32.1. The van der Waals surface area contributed by atoms with Crippen LogP contribution in [0.4, 0.5) is 19.1 Å². The first-order chi connectivity index (χ1) is 10.3. The smallest absolute Gasteiger partial charge is 0.368 e. The topological polar surface area (TPSA) is 56.7 Å². The Hall–Kier alpha value is -1.70. The normalized spacial score (nSPS) is 15.3. The highest BCUT2D eigenvalue weighted by Crippen LogP contribution is 2.44. The molecule has 2 N–H and O–H groups in total. The second kappa shape index (κ2) is 5.19. The van der Waals surface area contributed by atoms with Crippen molar-refractivity contribution in [3.05, 3.63) is 29.1 Å². The summed E-state index contributed by atoms with van der Waals surface area (Å²) >= 11 is 4.46. The molecule has 22 heavy (non-hydrogen) atoms. The molecule has 2 aromatic rings. The van der Waals surface area contributed by atoms with Gasteiger partial charge in [-0.25, -0.2) is 0 Å². The number of alkyl halides is 3. The molecule has 8 heteroatoms. The Kier molecular flexibility index (Phi) is 3.58. The third kappa shape index (κ3) is 2.67. The van der Waals surface area contributed by atoms with E-state index in [0.717, 1.165) is 33.5 Å². The van der Waals surface area contributed by atoms with E-state index in [9.17, 15) is 13.2 Å². The lowest BCUT2D eigenvalue weighted by atomic mass is 10.0. The van der Waals surface area contributed by atoms with Crippen LogP contribution in [0.1, 0.15) is 42.6 Å². The fourth-order valence-corrected chi connectivity index (χ4v) is 2.83. The van der Waals surface area contributed by atoms with Crippen LogP contribution in [-0.4, -0.2) is 14.8 Å². The van der Waals surface area contributed by atoms with Crippen LogP contribution in [0.2, 0.25) is 0 Å². The number of anilines is 1. The number of nitrogens with two attached hydrogens (primary N) is 1.